The molecule has 2 heterocycles. The van der Waals surface area contributed by atoms with Gasteiger partial charge in [0.15, 0.2) is 5.11 Å². The molecule has 7 nitrogen and oxygen atoms in total. The Kier molecular flexibility index (Phi) is 8.28. The van der Waals surface area contributed by atoms with E-state index in [1.165, 1.54) is 4.88 Å². The minimum atomic E-state index is -0.291. The fourth-order valence-electron chi connectivity index (χ4n) is 4.86. The molecule has 2 aromatic carbocycles. The first-order valence-corrected chi connectivity index (χ1v) is 14.4. The molecule has 0 amide bonds. The average Bonchev–Trinajstić information content (AvgIpc) is 3.41. The van der Waals surface area contributed by atoms with Gasteiger partial charge in [0.1, 0.15) is 16.5 Å². The molecule has 0 radical (unpaired) electrons. The fourth-order valence-corrected chi connectivity index (χ4v) is 6.41. The number of thiophene rings is 1. The summed E-state index contributed by atoms with van der Waals surface area (Å²) in [5, 5.41) is 12.5. The molecular weight excluding hydrogens is 528 g/mol. The second-order valence-corrected chi connectivity index (χ2v) is 11.0. The molecule has 0 saturated carbocycles. The first kappa shape index (κ1) is 26.9. The van der Waals surface area contributed by atoms with E-state index in [1.807, 2.05) is 74.0 Å². The third-order valence-electron chi connectivity index (χ3n) is 6.71. The Morgan fingerprint density at radius 2 is 1.82 bits per heavy atom. The van der Waals surface area contributed by atoms with Crippen molar-refractivity contribution in [3.05, 3.63) is 87.6 Å². The molecule has 1 aliphatic rings. The van der Waals surface area contributed by atoms with Crippen LogP contribution >= 0.6 is 23.6 Å². The number of esters is 1. The van der Waals surface area contributed by atoms with Crippen LogP contribution in [-0.2, 0) is 24.1 Å². The monoisotopic (exact) mass is 560 g/mol. The molecule has 0 aliphatic heterocycles. The number of nitrogens with zero attached hydrogens (tertiary/aromatic N) is 2. The average molecular weight is 561 g/mol. The minimum absolute atomic E-state index is 0.291. The van der Waals surface area contributed by atoms with Crippen LogP contribution in [0, 0.1) is 13.8 Å². The smallest absolute Gasteiger partial charge is 0.341 e. The Balaban J connectivity index is 1.30. The first-order valence-electron chi connectivity index (χ1n) is 13.2. The summed E-state index contributed by atoms with van der Waals surface area (Å²) in [6.45, 7) is 6.72. The van der Waals surface area contributed by atoms with Crippen LogP contribution in [0.25, 0.3) is 0 Å². The molecular formula is C30H32N4O3S2. The molecule has 1 aliphatic carbocycles. The summed E-state index contributed by atoms with van der Waals surface area (Å²) in [7, 11) is 0. The number of benzene rings is 2. The van der Waals surface area contributed by atoms with Gasteiger partial charge in [0.05, 0.1) is 35.8 Å². The number of para-hydroxylation sites is 1. The maximum absolute atomic E-state index is 12.8. The number of carbonyl (C=O) groups excluding carboxylic acids is 1. The molecule has 0 saturated heterocycles. The van der Waals surface area contributed by atoms with Gasteiger partial charge in [-0.2, -0.15) is 5.10 Å². The maximum Gasteiger partial charge on any atom is 0.341 e. The fraction of sp³-hybridized carbons (Fsp3) is 0.300. The maximum atomic E-state index is 12.8. The van der Waals surface area contributed by atoms with Crippen molar-refractivity contribution in [3.8, 4) is 11.5 Å². The third-order valence-corrected chi connectivity index (χ3v) is 8.12. The molecule has 2 N–H and O–H groups in total. The summed E-state index contributed by atoms with van der Waals surface area (Å²) in [6, 6.07) is 17.8. The molecule has 0 atom stereocenters. The van der Waals surface area contributed by atoms with Gasteiger partial charge in [-0.1, -0.05) is 30.3 Å². The standard InChI is InChI=1S/C30H32N4O3S2/c1-4-36-29(35)26-24-15-8-9-16-25(24)39-28(26)32-30(38)31-27-19(2)33-34(20(27)3)18-21-11-10-14-23(17-21)37-22-12-6-5-7-13-22/h5-7,10-14,17H,4,8-9,15-16,18H2,1-3H3,(H2,31,32,38). The lowest BCUT2D eigenvalue weighted by atomic mass is 9.95. The molecule has 0 unspecified atom stereocenters. The lowest BCUT2D eigenvalue weighted by Crippen LogP contribution is -2.21. The van der Waals surface area contributed by atoms with E-state index >= 15 is 0 Å². The van der Waals surface area contributed by atoms with Crippen molar-refractivity contribution >= 4 is 45.3 Å². The van der Waals surface area contributed by atoms with Crippen molar-refractivity contribution in [2.75, 3.05) is 17.2 Å². The van der Waals surface area contributed by atoms with E-state index in [0.29, 0.717) is 23.8 Å². The van der Waals surface area contributed by atoms with Crippen LogP contribution < -0.4 is 15.4 Å². The van der Waals surface area contributed by atoms with Crippen LogP contribution in [0.2, 0.25) is 0 Å². The molecule has 0 spiro atoms. The van der Waals surface area contributed by atoms with Crippen molar-refractivity contribution < 1.29 is 14.3 Å². The van der Waals surface area contributed by atoms with E-state index in [1.54, 1.807) is 11.3 Å². The molecule has 0 fully saturated rings. The van der Waals surface area contributed by atoms with Crippen LogP contribution in [0.5, 0.6) is 11.5 Å². The topological polar surface area (TPSA) is 77.4 Å². The van der Waals surface area contributed by atoms with Gasteiger partial charge in [-0.05, 0) is 94.1 Å². The van der Waals surface area contributed by atoms with Crippen molar-refractivity contribution in [2.45, 2.75) is 53.0 Å². The van der Waals surface area contributed by atoms with Crippen molar-refractivity contribution in [3.63, 3.8) is 0 Å². The van der Waals surface area contributed by atoms with Gasteiger partial charge in [-0.15, -0.1) is 11.3 Å². The highest BCUT2D eigenvalue weighted by molar-refractivity contribution is 7.80. The number of aromatic nitrogens is 2. The van der Waals surface area contributed by atoms with Crippen molar-refractivity contribution in [1.82, 2.24) is 9.78 Å². The summed E-state index contributed by atoms with van der Waals surface area (Å²) in [4.78, 5) is 14.1. The lowest BCUT2D eigenvalue weighted by Gasteiger charge is -2.13. The number of rotatable bonds is 8. The number of carbonyl (C=O) groups is 1. The van der Waals surface area contributed by atoms with E-state index in [2.05, 4.69) is 16.7 Å². The van der Waals surface area contributed by atoms with Gasteiger partial charge in [0.2, 0.25) is 0 Å². The number of ether oxygens (including phenoxy) is 2. The summed E-state index contributed by atoms with van der Waals surface area (Å²) < 4.78 is 13.3. The van der Waals surface area contributed by atoms with E-state index in [0.717, 1.165) is 70.4 Å². The molecule has 39 heavy (non-hydrogen) atoms. The summed E-state index contributed by atoms with van der Waals surface area (Å²) in [5.41, 5.74) is 5.45. The Hall–Kier alpha value is -3.69. The number of nitrogens with one attached hydrogen (secondary N) is 2. The predicted octanol–water partition coefficient (Wildman–Crippen LogP) is 7.27. The lowest BCUT2D eigenvalue weighted by molar-refractivity contribution is 0.0526. The number of thiocarbonyl (C=S) groups is 1. The van der Waals surface area contributed by atoms with Crippen LogP contribution in [0.3, 0.4) is 0 Å². The number of anilines is 2. The zero-order valence-corrected chi connectivity index (χ0v) is 24.0. The highest BCUT2D eigenvalue weighted by atomic mass is 32.1. The van der Waals surface area contributed by atoms with Crippen molar-refractivity contribution in [2.24, 2.45) is 0 Å². The van der Waals surface area contributed by atoms with E-state index in [4.69, 9.17) is 26.8 Å². The Morgan fingerprint density at radius 3 is 2.62 bits per heavy atom. The Morgan fingerprint density at radius 1 is 1.05 bits per heavy atom. The summed E-state index contributed by atoms with van der Waals surface area (Å²) in [5.74, 6) is 1.28. The Bertz CT molecular complexity index is 1490. The first-order chi connectivity index (χ1) is 18.9. The normalized spacial score (nSPS) is 12.5. The van der Waals surface area contributed by atoms with Crippen LogP contribution in [0.4, 0.5) is 10.7 Å². The predicted molar refractivity (Wildman–Crippen MR) is 161 cm³/mol. The third kappa shape index (κ3) is 6.15. The molecule has 2 aromatic heterocycles. The van der Waals surface area contributed by atoms with E-state index in [9.17, 15) is 4.79 Å². The van der Waals surface area contributed by atoms with Gasteiger partial charge in [-0.25, -0.2) is 4.79 Å². The number of fused-ring (bicyclic) bond motifs is 1. The zero-order chi connectivity index (χ0) is 27.4. The van der Waals surface area contributed by atoms with E-state index in [-0.39, 0.29) is 5.97 Å². The second-order valence-electron chi connectivity index (χ2n) is 9.48. The molecule has 0 bridgehead atoms. The summed E-state index contributed by atoms with van der Waals surface area (Å²) in [6.07, 6.45) is 4.09. The second kappa shape index (κ2) is 12.0. The highest BCUT2D eigenvalue weighted by Gasteiger charge is 2.27. The van der Waals surface area contributed by atoms with Crippen LogP contribution in [0.1, 0.15) is 57.5 Å². The molecule has 5 rings (SSSR count). The SMILES string of the molecule is CCOC(=O)c1c(NC(=S)Nc2c(C)nn(Cc3cccc(Oc4ccccc4)c3)c2C)sc2c1CCCC2. The number of hydrogen-bond donors (Lipinski definition) is 2. The molecule has 4 aromatic rings. The number of aryl methyl sites for hydroxylation is 2. The zero-order valence-electron chi connectivity index (χ0n) is 22.4. The van der Waals surface area contributed by atoms with Crippen molar-refractivity contribution in [1.29, 1.82) is 0 Å². The largest absolute Gasteiger partial charge is 0.462 e. The highest BCUT2D eigenvalue weighted by Crippen LogP contribution is 2.39. The molecule has 9 heteroatoms. The summed E-state index contributed by atoms with van der Waals surface area (Å²) >= 11 is 7.29. The van der Waals surface area contributed by atoms with Crippen LogP contribution in [-0.4, -0.2) is 27.5 Å². The van der Waals surface area contributed by atoms with Crippen LogP contribution in [0.15, 0.2) is 54.6 Å². The van der Waals surface area contributed by atoms with Gasteiger partial charge < -0.3 is 20.1 Å². The Labute approximate surface area is 238 Å². The van der Waals surface area contributed by atoms with Gasteiger partial charge in [0, 0.05) is 4.88 Å². The van der Waals surface area contributed by atoms with Gasteiger partial charge >= 0.3 is 5.97 Å². The van der Waals surface area contributed by atoms with Gasteiger partial charge in [0.25, 0.3) is 0 Å². The minimum Gasteiger partial charge on any atom is -0.462 e. The molecule has 202 valence electrons. The number of hydrogen-bond acceptors (Lipinski definition) is 6. The quantitative estimate of drug-likeness (QED) is 0.173. The van der Waals surface area contributed by atoms with E-state index < -0.39 is 0 Å². The van der Waals surface area contributed by atoms with Gasteiger partial charge in [-0.3, -0.25) is 4.68 Å².